The van der Waals surface area contributed by atoms with Crippen LogP contribution in [0, 0.1) is 16.0 Å². The predicted molar refractivity (Wildman–Crippen MR) is 132 cm³/mol. The lowest BCUT2D eigenvalue weighted by Crippen LogP contribution is -2.17. The lowest BCUT2D eigenvalue weighted by atomic mass is 9.80. The van der Waals surface area contributed by atoms with E-state index in [1.807, 2.05) is 24.3 Å². The summed E-state index contributed by atoms with van der Waals surface area (Å²) in [5.74, 6) is -0.773. The average Bonchev–Trinajstić information content (AvgIpc) is 3.22. The van der Waals surface area contributed by atoms with Crippen molar-refractivity contribution in [3.63, 3.8) is 0 Å². The molecule has 5 rings (SSSR count). The summed E-state index contributed by atoms with van der Waals surface area (Å²) in [7, 11) is 1.77. The summed E-state index contributed by atoms with van der Waals surface area (Å²) < 4.78 is 1.70. The van der Waals surface area contributed by atoms with Crippen LogP contribution in [0.1, 0.15) is 40.5 Å². The second-order valence-electron chi connectivity index (χ2n) is 8.63. The number of carbonyl (C=O) groups is 1. The molecule has 1 aliphatic carbocycles. The van der Waals surface area contributed by atoms with Crippen molar-refractivity contribution in [2.45, 2.75) is 29.8 Å². The number of nitro groups is 1. The maximum Gasteiger partial charge on any atom is 0.336 e. The highest BCUT2D eigenvalue weighted by molar-refractivity contribution is 7.99. The highest BCUT2D eigenvalue weighted by Crippen LogP contribution is 2.40. The Morgan fingerprint density at radius 1 is 1.26 bits per heavy atom. The maximum atomic E-state index is 12.2. The highest BCUT2D eigenvalue weighted by Gasteiger charge is 2.28. The number of carboxylic acids is 1. The van der Waals surface area contributed by atoms with Gasteiger partial charge in [-0.25, -0.2) is 9.78 Å². The number of hydrogen-bond donors (Lipinski definition) is 1. The first-order chi connectivity index (χ1) is 16.8. The fourth-order valence-corrected chi connectivity index (χ4v) is 5.35. The fraction of sp³-hybridized carbons (Fsp3) is 0.200. The molecule has 0 saturated carbocycles. The third-order valence-corrected chi connectivity index (χ3v) is 7.14. The minimum atomic E-state index is -0.978. The summed E-state index contributed by atoms with van der Waals surface area (Å²) in [5.41, 5.74) is 3.75. The Morgan fingerprint density at radius 3 is 2.77 bits per heavy atom. The molecular formula is C25H21N5O4S. The summed E-state index contributed by atoms with van der Waals surface area (Å²) in [6.45, 7) is 2.07. The first kappa shape index (κ1) is 22.7. The molecular weight excluding hydrogens is 466 g/mol. The van der Waals surface area contributed by atoms with Crippen LogP contribution >= 0.6 is 11.8 Å². The van der Waals surface area contributed by atoms with Crippen molar-refractivity contribution in [2.24, 2.45) is 13.0 Å². The quantitative estimate of drug-likeness (QED) is 0.299. The number of pyridine rings is 1. The number of para-hydroxylation sites is 1. The zero-order valence-corrected chi connectivity index (χ0v) is 19.8. The van der Waals surface area contributed by atoms with Crippen LogP contribution in [0.3, 0.4) is 0 Å². The van der Waals surface area contributed by atoms with E-state index in [0.717, 1.165) is 5.57 Å². The Morgan fingerprint density at radius 2 is 2.06 bits per heavy atom. The molecule has 0 unspecified atom stereocenters. The molecule has 1 N–H and O–H groups in total. The number of aromatic carboxylic acids is 1. The number of nitrogens with zero attached hydrogens (tertiary/aromatic N) is 5. The van der Waals surface area contributed by atoms with Crippen molar-refractivity contribution >= 4 is 46.0 Å². The summed E-state index contributed by atoms with van der Waals surface area (Å²) >= 11 is 1.18. The molecule has 0 amide bonds. The van der Waals surface area contributed by atoms with E-state index in [4.69, 9.17) is 4.98 Å². The summed E-state index contributed by atoms with van der Waals surface area (Å²) in [6, 6.07) is 12.3. The maximum absolute atomic E-state index is 12.2. The lowest BCUT2D eigenvalue weighted by Gasteiger charge is -2.26. The van der Waals surface area contributed by atoms with E-state index < -0.39 is 10.9 Å². The zero-order valence-electron chi connectivity index (χ0n) is 19.0. The Balaban J connectivity index is 1.63. The van der Waals surface area contributed by atoms with Gasteiger partial charge in [-0.15, -0.1) is 10.2 Å². The number of nitro benzene ring substituents is 1. The van der Waals surface area contributed by atoms with E-state index in [-0.39, 0.29) is 17.2 Å². The summed E-state index contributed by atoms with van der Waals surface area (Å²) in [4.78, 5) is 29.0. The third-order valence-electron chi connectivity index (χ3n) is 6.02. The highest BCUT2D eigenvalue weighted by atomic mass is 32.2. The molecule has 1 atom stereocenters. The number of hydrogen-bond acceptors (Lipinski definition) is 7. The molecule has 10 heteroatoms. The van der Waals surface area contributed by atoms with Gasteiger partial charge in [-0.1, -0.05) is 31.2 Å². The van der Waals surface area contributed by atoms with Crippen LogP contribution in [0.4, 0.5) is 5.69 Å². The minimum absolute atomic E-state index is 0.0332. The van der Waals surface area contributed by atoms with Crippen LogP contribution in [-0.2, 0) is 13.5 Å². The Kier molecular flexibility index (Phi) is 5.81. The molecule has 2 heterocycles. The molecule has 0 bridgehead atoms. The van der Waals surface area contributed by atoms with Gasteiger partial charge in [-0.3, -0.25) is 10.1 Å². The van der Waals surface area contributed by atoms with Crippen molar-refractivity contribution in [1.82, 2.24) is 19.7 Å². The number of aromatic nitrogens is 4. The molecule has 0 aliphatic heterocycles. The molecule has 35 heavy (non-hydrogen) atoms. The topological polar surface area (TPSA) is 124 Å². The van der Waals surface area contributed by atoms with Crippen molar-refractivity contribution in [2.75, 3.05) is 0 Å². The third kappa shape index (κ3) is 4.28. The van der Waals surface area contributed by atoms with Gasteiger partial charge in [-0.05, 0) is 65.4 Å². The monoisotopic (exact) mass is 487 g/mol. The number of benzene rings is 2. The SMILES string of the molecule is C[C@H]1C/C(=C/c2ccc(Sc3nncn3C)c([N+](=O)[O-])c2)c2nc3ccccc3c(C(=O)O)c2C1. The van der Waals surface area contributed by atoms with Gasteiger partial charge in [0.15, 0.2) is 5.16 Å². The largest absolute Gasteiger partial charge is 0.478 e. The zero-order chi connectivity index (χ0) is 24.7. The van der Waals surface area contributed by atoms with E-state index in [1.165, 1.54) is 24.2 Å². The number of allylic oxidation sites excluding steroid dienone is 1. The molecule has 4 aromatic rings. The number of fused-ring (bicyclic) bond motifs is 2. The van der Waals surface area contributed by atoms with Gasteiger partial charge in [0.1, 0.15) is 6.33 Å². The summed E-state index contributed by atoms with van der Waals surface area (Å²) in [5, 5.41) is 30.8. The van der Waals surface area contributed by atoms with Crippen LogP contribution in [0.5, 0.6) is 0 Å². The fourth-order valence-electron chi connectivity index (χ4n) is 4.50. The smallest absolute Gasteiger partial charge is 0.336 e. The standard InChI is InChI=1S/C25H21N5O4S/c1-14-9-16(23-18(10-14)22(24(31)32)17-5-3-4-6-19(17)27-23)11-15-7-8-21(20(12-15)30(33)34)35-25-28-26-13-29(25)2/h3-8,11-14H,9-10H2,1-2H3,(H,31,32)/b16-11-/t14-/m0/s1. The van der Waals surface area contributed by atoms with Gasteiger partial charge in [0, 0.05) is 18.5 Å². The van der Waals surface area contributed by atoms with Crippen LogP contribution in [-0.4, -0.2) is 35.7 Å². The van der Waals surface area contributed by atoms with E-state index in [2.05, 4.69) is 17.1 Å². The molecule has 0 radical (unpaired) electrons. The van der Waals surface area contributed by atoms with Gasteiger partial charge in [0.05, 0.1) is 26.6 Å². The van der Waals surface area contributed by atoms with E-state index in [1.54, 1.807) is 29.8 Å². The Bertz CT molecular complexity index is 1530. The van der Waals surface area contributed by atoms with E-state index >= 15 is 0 Å². The Hall–Kier alpha value is -4.05. The van der Waals surface area contributed by atoms with Crippen molar-refractivity contribution in [3.8, 4) is 0 Å². The predicted octanol–water partition coefficient (Wildman–Crippen LogP) is 5.24. The van der Waals surface area contributed by atoms with Crippen LogP contribution < -0.4 is 0 Å². The van der Waals surface area contributed by atoms with Gasteiger partial charge >= 0.3 is 5.97 Å². The molecule has 0 spiro atoms. The number of aryl methyl sites for hydroxylation is 1. The van der Waals surface area contributed by atoms with Gasteiger partial charge in [-0.2, -0.15) is 0 Å². The summed E-state index contributed by atoms with van der Waals surface area (Å²) in [6.07, 6.45) is 4.72. The number of rotatable bonds is 5. The van der Waals surface area contributed by atoms with Crippen LogP contribution in [0.15, 0.2) is 58.8 Å². The Labute approximate surface area is 204 Å². The average molecular weight is 488 g/mol. The molecule has 1 aliphatic rings. The lowest BCUT2D eigenvalue weighted by molar-refractivity contribution is -0.387. The van der Waals surface area contributed by atoms with E-state index in [0.29, 0.717) is 50.6 Å². The molecule has 2 aromatic carbocycles. The normalized spacial score (nSPS) is 16.4. The van der Waals surface area contributed by atoms with Gasteiger partial charge in [0.2, 0.25) is 0 Å². The van der Waals surface area contributed by atoms with Gasteiger partial charge < -0.3 is 9.67 Å². The molecule has 176 valence electrons. The minimum Gasteiger partial charge on any atom is -0.478 e. The molecule has 0 saturated heterocycles. The first-order valence-corrected chi connectivity index (χ1v) is 11.8. The van der Waals surface area contributed by atoms with Crippen molar-refractivity contribution in [3.05, 3.63) is 81.3 Å². The van der Waals surface area contributed by atoms with Crippen molar-refractivity contribution < 1.29 is 14.8 Å². The van der Waals surface area contributed by atoms with Gasteiger partial charge in [0.25, 0.3) is 5.69 Å². The second-order valence-corrected chi connectivity index (χ2v) is 9.64. The molecule has 0 fully saturated rings. The van der Waals surface area contributed by atoms with Crippen molar-refractivity contribution in [1.29, 1.82) is 0 Å². The molecule has 2 aromatic heterocycles. The molecule has 9 nitrogen and oxygen atoms in total. The van der Waals surface area contributed by atoms with Crippen LogP contribution in [0.25, 0.3) is 22.6 Å². The van der Waals surface area contributed by atoms with E-state index in [9.17, 15) is 20.0 Å². The number of carboxylic acid groups (broad SMARTS) is 1. The van der Waals surface area contributed by atoms with Crippen LogP contribution in [0.2, 0.25) is 0 Å². The second kappa shape index (κ2) is 8.95. The first-order valence-electron chi connectivity index (χ1n) is 11.0.